The fraction of sp³-hybridized carbons (Fsp3) is 0.533. The molecule has 5 heteroatoms. The standard InChI is InChI=1S/C15H24N2O2S/c1-12(11-20(5)19)17(4)10-13-7-6-8-14(9-13)15(18)16(2)3/h6-9,12H,10-11H2,1-5H3. The Hall–Kier alpha value is -1.20. The summed E-state index contributed by atoms with van der Waals surface area (Å²) in [5, 5.41) is 0. The first-order valence-electron chi connectivity index (χ1n) is 6.62. The second-order valence-corrected chi connectivity index (χ2v) is 6.88. The number of hydrogen-bond donors (Lipinski definition) is 0. The molecule has 0 saturated heterocycles. The molecule has 20 heavy (non-hydrogen) atoms. The van der Waals surface area contributed by atoms with Gasteiger partial charge in [0.25, 0.3) is 5.91 Å². The molecule has 1 aromatic carbocycles. The van der Waals surface area contributed by atoms with E-state index in [-0.39, 0.29) is 11.9 Å². The summed E-state index contributed by atoms with van der Waals surface area (Å²) < 4.78 is 11.3. The first-order chi connectivity index (χ1) is 9.31. The van der Waals surface area contributed by atoms with Crippen molar-refractivity contribution < 1.29 is 9.00 Å². The van der Waals surface area contributed by atoms with Gasteiger partial charge in [0.05, 0.1) is 0 Å². The van der Waals surface area contributed by atoms with Gasteiger partial charge in [0, 0.05) is 55.1 Å². The highest BCUT2D eigenvalue weighted by molar-refractivity contribution is 7.84. The minimum absolute atomic E-state index is 0.0113. The third kappa shape index (κ3) is 5.06. The number of carbonyl (C=O) groups excluding carboxylic acids is 1. The van der Waals surface area contributed by atoms with Crippen LogP contribution in [0.1, 0.15) is 22.8 Å². The van der Waals surface area contributed by atoms with Crippen molar-refractivity contribution in [2.24, 2.45) is 0 Å². The fourth-order valence-corrected chi connectivity index (χ4v) is 2.91. The van der Waals surface area contributed by atoms with Gasteiger partial charge < -0.3 is 4.90 Å². The van der Waals surface area contributed by atoms with Crippen LogP contribution in [0.4, 0.5) is 0 Å². The lowest BCUT2D eigenvalue weighted by molar-refractivity contribution is 0.0827. The van der Waals surface area contributed by atoms with Gasteiger partial charge in [-0.1, -0.05) is 12.1 Å². The summed E-state index contributed by atoms with van der Waals surface area (Å²) in [7, 11) is 4.72. The van der Waals surface area contributed by atoms with Gasteiger partial charge in [0.2, 0.25) is 0 Å². The summed E-state index contributed by atoms with van der Waals surface area (Å²) in [6, 6.07) is 7.92. The lowest BCUT2D eigenvalue weighted by Crippen LogP contribution is -2.33. The van der Waals surface area contributed by atoms with Gasteiger partial charge in [0.1, 0.15) is 0 Å². The Morgan fingerprint density at radius 1 is 1.30 bits per heavy atom. The van der Waals surface area contributed by atoms with E-state index in [9.17, 15) is 9.00 Å². The Morgan fingerprint density at radius 3 is 2.50 bits per heavy atom. The van der Waals surface area contributed by atoms with Gasteiger partial charge in [-0.3, -0.25) is 13.9 Å². The number of hydrogen-bond acceptors (Lipinski definition) is 3. The van der Waals surface area contributed by atoms with E-state index in [1.54, 1.807) is 25.3 Å². The van der Waals surface area contributed by atoms with Crippen molar-refractivity contribution in [2.45, 2.75) is 19.5 Å². The van der Waals surface area contributed by atoms with Crippen molar-refractivity contribution >= 4 is 16.7 Å². The van der Waals surface area contributed by atoms with Crippen molar-refractivity contribution in [1.82, 2.24) is 9.80 Å². The molecule has 0 aromatic heterocycles. The molecule has 0 radical (unpaired) electrons. The maximum Gasteiger partial charge on any atom is 0.253 e. The average molecular weight is 296 g/mol. The van der Waals surface area contributed by atoms with E-state index in [0.717, 1.165) is 12.1 Å². The van der Waals surface area contributed by atoms with E-state index < -0.39 is 10.8 Å². The first kappa shape index (κ1) is 16.9. The minimum Gasteiger partial charge on any atom is -0.345 e. The smallest absolute Gasteiger partial charge is 0.253 e. The van der Waals surface area contributed by atoms with Crippen molar-refractivity contribution in [1.29, 1.82) is 0 Å². The fourth-order valence-electron chi connectivity index (χ4n) is 1.97. The summed E-state index contributed by atoms with van der Waals surface area (Å²) in [5.74, 6) is 0.671. The Bertz CT molecular complexity index is 489. The minimum atomic E-state index is -0.795. The summed E-state index contributed by atoms with van der Waals surface area (Å²) in [5.41, 5.74) is 1.79. The molecule has 2 unspecified atom stereocenters. The maximum absolute atomic E-state index is 11.9. The van der Waals surface area contributed by atoms with E-state index in [1.165, 1.54) is 0 Å². The highest BCUT2D eigenvalue weighted by Crippen LogP contribution is 2.11. The van der Waals surface area contributed by atoms with Gasteiger partial charge in [-0.25, -0.2) is 0 Å². The molecule has 112 valence electrons. The SMILES string of the molecule is CC(CS(C)=O)N(C)Cc1cccc(C(=O)N(C)C)c1. The van der Waals surface area contributed by atoms with E-state index in [0.29, 0.717) is 11.3 Å². The molecule has 1 aromatic rings. The molecule has 0 bridgehead atoms. The third-order valence-corrected chi connectivity index (χ3v) is 4.19. The maximum atomic E-state index is 11.9. The van der Waals surface area contributed by atoms with Crippen LogP contribution in [0.3, 0.4) is 0 Å². The molecule has 0 N–H and O–H groups in total. The predicted molar refractivity (Wildman–Crippen MR) is 84.3 cm³/mol. The van der Waals surface area contributed by atoms with Crippen molar-refractivity contribution in [3.05, 3.63) is 35.4 Å². The monoisotopic (exact) mass is 296 g/mol. The largest absolute Gasteiger partial charge is 0.345 e. The van der Waals surface area contributed by atoms with Gasteiger partial charge in [0.15, 0.2) is 0 Å². The van der Waals surface area contributed by atoms with Crippen LogP contribution in [0, 0.1) is 0 Å². The number of benzene rings is 1. The van der Waals surface area contributed by atoms with Gasteiger partial charge in [-0.2, -0.15) is 0 Å². The Kier molecular flexibility index (Phi) is 6.36. The Labute approximate surface area is 124 Å². The second kappa shape index (κ2) is 7.55. The first-order valence-corrected chi connectivity index (χ1v) is 8.35. The Balaban J connectivity index is 2.75. The second-order valence-electron chi connectivity index (χ2n) is 5.40. The van der Waals surface area contributed by atoms with Gasteiger partial charge in [-0.15, -0.1) is 0 Å². The zero-order valence-electron chi connectivity index (χ0n) is 12.9. The summed E-state index contributed by atoms with van der Waals surface area (Å²) in [6.07, 6.45) is 1.72. The van der Waals surface area contributed by atoms with Crippen LogP contribution in [0.25, 0.3) is 0 Å². The van der Waals surface area contributed by atoms with E-state index in [4.69, 9.17) is 0 Å². The van der Waals surface area contributed by atoms with E-state index >= 15 is 0 Å². The Morgan fingerprint density at radius 2 is 1.95 bits per heavy atom. The van der Waals surface area contributed by atoms with Crippen molar-refractivity contribution in [2.75, 3.05) is 33.2 Å². The molecular weight excluding hydrogens is 272 g/mol. The molecule has 0 saturated carbocycles. The normalized spacial score (nSPS) is 14.1. The lowest BCUT2D eigenvalue weighted by Gasteiger charge is -2.24. The number of nitrogens with zero attached hydrogens (tertiary/aromatic N) is 2. The topological polar surface area (TPSA) is 40.6 Å². The summed E-state index contributed by atoms with van der Waals surface area (Å²) in [6.45, 7) is 2.81. The molecule has 0 aliphatic rings. The summed E-state index contributed by atoms with van der Waals surface area (Å²) in [4.78, 5) is 15.7. The lowest BCUT2D eigenvalue weighted by atomic mass is 10.1. The van der Waals surface area contributed by atoms with Crippen LogP contribution >= 0.6 is 0 Å². The molecule has 0 heterocycles. The van der Waals surface area contributed by atoms with Gasteiger partial charge >= 0.3 is 0 Å². The molecular formula is C15H24N2O2S. The molecule has 4 nitrogen and oxygen atoms in total. The zero-order chi connectivity index (χ0) is 15.3. The predicted octanol–water partition coefficient (Wildman–Crippen LogP) is 1.59. The number of amides is 1. The van der Waals surface area contributed by atoms with Crippen molar-refractivity contribution in [3.63, 3.8) is 0 Å². The molecule has 1 amide bonds. The molecule has 0 aliphatic heterocycles. The van der Waals surface area contributed by atoms with Crippen LogP contribution in [0.15, 0.2) is 24.3 Å². The molecule has 1 rings (SSSR count). The zero-order valence-corrected chi connectivity index (χ0v) is 13.7. The van der Waals surface area contributed by atoms with Crippen LogP contribution < -0.4 is 0 Å². The van der Waals surface area contributed by atoms with E-state index in [2.05, 4.69) is 11.8 Å². The van der Waals surface area contributed by atoms with Gasteiger partial charge in [-0.05, 0) is 31.7 Å². The van der Waals surface area contributed by atoms with E-state index in [1.807, 2.05) is 31.3 Å². The van der Waals surface area contributed by atoms with Crippen LogP contribution in [0.2, 0.25) is 0 Å². The van der Waals surface area contributed by atoms with Crippen molar-refractivity contribution in [3.8, 4) is 0 Å². The number of rotatable bonds is 6. The third-order valence-electron chi connectivity index (χ3n) is 3.24. The van der Waals surface area contributed by atoms with Crippen LogP contribution in [-0.4, -0.2) is 59.1 Å². The summed E-state index contributed by atoms with van der Waals surface area (Å²) >= 11 is 0. The molecule has 0 fully saturated rings. The number of carbonyl (C=O) groups is 1. The van der Waals surface area contributed by atoms with Crippen LogP contribution in [-0.2, 0) is 17.3 Å². The highest BCUT2D eigenvalue weighted by atomic mass is 32.2. The van der Waals surface area contributed by atoms with Crippen LogP contribution in [0.5, 0.6) is 0 Å². The molecule has 0 spiro atoms. The average Bonchev–Trinajstić information content (AvgIpc) is 2.37. The molecule has 2 atom stereocenters. The quantitative estimate of drug-likeness (QED) is 0.800. The molecule has 0 aliphatic carbocycles. The highest BCUT2D eigenvalue weighted by Gasteiger charge is 2.13.